The van der Waals surface area contributed by atoms with Gasteiger partial charge in [-0.25, -0.2) is 9.38 Å². The fourth-order valence-electron chi connectivity index (χ4n) is 2.82. The van der Waals surface area contributed by atoms with E-state index in [9.17, 15) is 4.39 Å². The SMILES string of the molecule is CCOc1cc(OC)cc(F)c1-c1ccc2c(c1)N=C(N)N(C)C2N. The average molecular weight is 344 g/mol. The highest BCUT2D eigenvalue weighted by atomic mass is 19.1. The number of nitrogens with zero attached hydrogens (tertiary/aromatic N) is 2. The van der Waals surface area contributed by atoms with E-state index in [4.69, 9.17) is 20.9 Å². The van der Waals surface area contributed by atoms with Gasteiger partial charge in [-0.2, -0.15) is 0 Å². The first-order valence-corrected chi connectivity index (χ1v) is 7.93. The van der Waals surface area contributed by atoms with Gasteiger partial charge in [0.25, 0.3) is 0 Å². The third-order valence-electron chi connectivity index (χ3n) is 4.21. The Morgan fingerprint density at radius 2 is 2.04 bits per heavy atom. The number of guanidine groups is 1. The molecule has 0 amide bonds. The summed E-state index contributed by atoms with van der Waals surface area (Å²) in [5.41, 5.74) is 14.5. The van der Waals surface area contributed by atoms with Crippen LogP contribution in [0, 0.1) is 5.82 Å². The predicted molar refractivity (Wildman–Crippen MR) is 95.5 cm³/mol. The van der Waals surface area contributed by atoms with Gasteiger partial charge in [0.15, 0.2) is 5.96 Å². The van der Waals surface area contributed by atoms with Crippen molar-refractivity contribution < 1.29 is 13.9 Å². The van der Waals surface area contributed by atoms with E-state index in [0.717, 1.165) is 5.56 Å². The summed E-state index contributed by atoms with van der Waals surface area (Å²) < 4.78 is 25.4. The van der Waals surface area contributed by atoms with E-state index < -0.39 is 12.0 Å². The van der Waals surface area contributed by atoms with Gasteiger partial charge in [-0.05, 0) is 18.6 Å². The number of nitrogens with two attached hydrogens (primary N) is 2. The molecule has 0 spiro atoms. The Labute approximate surface area is 145 Å². The highest BCUT2D eigenvalue weighted by Crippen LogP contribution is 2.40. The summed E-state index contributed by atoms with van der Waals surface area (Å²) >= 11 is 0. The molecule has 1 heterocycles. The lowest BCUT2D eigenvalue weighted by Gasteiger charge is -2.31. The number of rotatable bonds is 4. The summed E-state index contributed by atoms with van der Waals surface area (Å²) in [5, 5.41) is 0. The van der Waals surface area contributed by atoms with E-state index in [-0.39, 0.29) is 0 Å². The van der Waals surface area contributed by atoms with Gasteiger partial charge in [-0.3, -0.25) is 0 Å². The molecule has 0 aromatic heterocycles. The van der Waals surface area contributed by atoms with Crippen molar-refractivity contribution >= 4 is 11.6 Å². The molecule has 7 heteroatoms. The van der Waals surface area contributed by atoms with Crippen molar-refractivity contribution in [2.24, 2.45) is 16.5 Å². The number of methoxy groups -OCH3 is 1. The van der Waals surface area contributed by atoms with Gasteiger partial charge in [0.1, 0.15) is 23.5 Å². The van der Waals surface area contributed by atoms with Crippen molar-refractivity contribution in [3.05, 3.63) is 41.7 Å². The summed E-state index contributed by atoms with van der Waals surface area (Å²) in [5.74, 6) is 0.691. The maximum atomic E-state index is 14.7. The zero-order valence-corrected chi connectivity index (χ0v) is 14.4. The second-order valence-corrected chi connectivity index (χ2v) is 5.71. The Morgan fingerprint density at radius 3 is 2.72 bits per heavy atom. The number of hydrogen-bond acceptors (Lipinski definition) is 6. The zero-order valence-electron chi connectivity index (χ0n) is 14.4. The first-order chi connectivity index (χ1) is 12.0. The van der Waals surface area contributed by atoms with Crippen molar-refractivity contribution in [3.8, 4) is 22.6 Å². The lowest BCUT2D eigenvalue weighted by molar-refractivity contribution is 0.335. The second kappa shape index (κ2) is 6.60. The lowest BCUT2D eigenvalue weighted by Crippen LogP contribution is -2.42. The smallest absolute Gasteiger partial charge is 0.197 e. The molecule has 0 bridgehead atoms. The number of halogens is 1. The lowest BCUT2D eigenvalue weighted by atomic mass is 9.98. The molecule has 3 rings (SSSR count). The number of aliphatic imine (C=N–C) groups is 1. The second-order valence-electron chi connectivity index (χ2n) is 5.71. The Hall–Kier alpha value is -2.80. The third-order valence-corrected chi connectivity index (χ3v) is 4.21. The minimum atomic E-state index is -0.433. The molecule has 1 unspecified atom stereocenters. The van der Waals surface area contributed by atoms with Gasteiger partial charge in [0.2, 0.25) is 0 Å². The van der Waals surface area contributed by atoms with Crippen LogP contribution in [0.25, 0.3) is 11.1 Å². The van der Waals surface area contributed by atoms with Crippen molar-refractivity contribution in [1.82, 2.24) is 4.90 Å². The molecule has 132 valence electrons. The average Bonchev–Trinajstić information content (AvgIpc) is 2.59. The van der Waals surface area contributed by atoms with Crippen LogP contribution in [0.1, 0.15) is 18.7 Å². The summed E-state index contributed by atoms with van der Waals surface area (Å²) in [7, 11) is 3.26. The largest absolute Gasteiger partial charge is 0.497 e. The molecular formula is C18H21FN4O2. The molecule has 0 radical (unpaired) electrons. The van der Waals surface area contributed by atoms with Crippen LogP contribution in [0.5, 0.6) is 11.5 Å². The number of ether oxygens (including phenoxy) is 2. The number of hydrogen-bond donors (Lipinski definition) is 2. The molecule has 25 heavy (non-hydrogen) atoms. The molecule has 1 atom stereocenters. The molecule has 1 aliphatic rings. The summed E-state index contributed by atoms with van der Waals surface area (Å²) in [4.78, 5) is 6.04. The summed E-state index contributed by atoms with van der Waals surface area (Å²) in [6.45, 7) is 2.25. The number of fused-ring (bicyclic) bond motifs is 1. The Balaban J connectivity index is 2.15. The van der Waals surface area contributed by atoms with E-state index in [1.807, 2.05) is 13.0 Å². The predicted octanol–water partition coefficient (Wildman–Crippen LogP) is 2.75. The van der Waals surface area contributed by atoms with Crippen molar-refractivity contribution in [2.45, 2.75) is 13.1 Å². The van der Waals surface area contributed by atoms with Gasteiger partial charge < -0.3 is 25.8 Å². The Bertz CT molecular complexity index is 838. The van der Waals surface area contributed by atoms with E-state index in [0.29, 0.717) is 40.9 Å². The quantitative estimate of drug-likeness (QED) is 0.891. The first-order valence-electron chi connectivity index (χ1n) is 7.93. The van der Waals surface area contributed by atoms with Crippen LogP contribution >= 0.6 is 0 Å². The van der Waals surface area contributed by atoms with Crippen LogP contribution in [0.2, 0.25) is 0 Å². The van der Waals surface area contributed by atoms with Crippen LogP contribution in [0.15, 0.2) is 35.3 Å². The third kappa shape index (κ3) is 2.98. The minimum absolute atomic E-state index is 0.317. The summed E-state index contributed by atoms with van der Waals surface area (Å²) in [6.07, 6.45) is -0.395. The fourth-order valence-corrected chi connectivity index (χ4v) is 2.82. The summed E-state index contributed by atoms with van der Waals surface area (Å²) in [6, 6.07) is 8.40. The van der Waals surface area contributed by atoms with E-state index >= 15 is 0 Å². The standard InChI is InChI=1S/C18H21FN4O2/c1-4-25-15-9-11(24-3)8-13(19)16(15)10-5-6-12-14(7-10)22-18(21)23(2)17(12)20/h5-9,17H,4,20H2,1-3H3,(H2,21,22). The van der Waals surface area contributed by atoms with Crippen molar-refractivity contribution in [1.29, 1.82) is 0 Å². The van der Waals surface area contributed by atoms with E-state index in [1.54, 1.807) is 30.1 Å². The molecule has 1 aliphatic heterocycles. The maximum absolute atomic E-state index is 14.7. The van der Waals surface area contributed by atoms with E-state index in [1.165, 1.54) is 13.2 Å². The molecular weight excluding hydrogens is 323 g/mol. The monoisotopic (exact) mass is 344 g/mol. The molecule has 2 aromatic carbocycles. The molecule has 4 N–H and O–H groups in total. The maximum Gasteiger partial charge on any atom is 0.197 e. The number of benzene rings is 2. The fraction of sp³-hybridized carbons (Fsp3) is 0.278. The minimum Gasteiger partial charge on any atom is -0.497 e. The highest BCUT2D eigenvalue weighted by molar-refractivity contribution is 5.85. The van der Waals surface area contributed by atoms with E-state index in [2.05, 4.69) is 4.99 Å². The molecule has 2 aromatic rings. The first kappa shape index (κ1) is 17.0. The molecule has 0 saturated carbocycles. The molecule has 0 fully saturated rings. The van der Waals surface area contributed by atoms with Gasteiger partial charge >= 0.3 is 0 Å². The zero-order chi connectivity index (χ0) is 18.1. The van der Waals surface area contributed by atoms with Crippen molar-refractivity contribution in [2.75, 3.05) is 20.8 Å². The van der Waals surface area contributed by atoms with Gasteiger partial charge in [0.05, 0.1) is 25.0 Å². The Kier molecular flexibility index (Phi) is 4.50. The van der Waals surface area contributed by atoms with Gasteiger partial charge in [-0.1, -0.05) is 12.1 Å². The van der Waals surface area contributed by atoms with Crippen LogP contribution in [0.3, 0.4) is 0 Å². The van der Waals surface area contributed by atoms with Crippen LogP contribution in [-0.2, 0) is 0 Å². The highest BCUT2D eigenvalue weighted by Gasteiger charge is 2.24. The van der Waals surface area contributed by atoms with Crippen molar-refractivity contribution in [3.63, 3.8) is 0 Å². The molecule has 0 saturated heterocycles. The van der Waals surface area contributed by atoms with Gasteiger partial charge in [0, 0.05) is 24.7 Å². The molecule has 6 nitrogen and oxygen atoms in total. The normalized spacial score (nSPS) is 16.3. The Morgan fingerprint density at radius 1 is 1.28 bits per heavy atom. The molecule has 0 aliphatic carbocycles. The van der Waals surface area contributed by atoms with Crippen LogP contribution in [0.4, 0.5) is 10.1 Å². The van der Waals surface area contributed by atoms with Crippen LogP contribution < -0.4 is 20.9 Å². The van der Waals surface area contributed by atoms with Gasteiger partial charge in [-0.15, -0.1) is 0 Å². The topological polar surface area (TPSA) is 86.1 Å². The van der Waals surface area contributed by atoms with Crippen LogP contribution in [-0.4, -0.2) is 31.6 Å².